The average molecular weight is 410 g/mol. The first-order valence-corrected chi connectivity index (χ1v) is 11.6. The van der Waals surface area contributed by atoms with Gasteiger partial charge in [-0.05, 0) is 46.0 Å². The van der Waals surface area contributed by atoms with Crippen LogP contribution in [-0.2, 0) is 14.3 Å². The van der Waals surface area contributed by atoms with Gasteiger partial charge in [0, 0.05) is 6.42 Å². The molecule has 1 amide bonds. The normalized spacial score (nSPS) is 29.2. The lowest BCUT2D eigenvalue weighted by Gasteiger charge is -2.35. The Kier molecular flexibility index (Phi) is 7.13. The number of carbonyl (C=O) groups is 2. The van der Waals surface area contributed by atoms with E-state index >= 15 is 0 Å². The van der Waals surface area contributed by atoms with Crippen LogP contribution in [0.1, 0.15) is 97.8 Å². The van der Waals surface area contributed by atoms with E-state index in [0.717, 1.165) is 38.5 Å². The lowest BCUT2D eigenvalue weighted by Crippen LogP contribution is -2.47. The second kappa shape index (κ2) is 9.23. The van der Waals surface area contributed by atoms with Crippen molar-refractivity contribution < 1.29 is 24.2 Å². The molecule has 166 valence electrons. The first-order chi connectivity index (χ1) is 13.7. The molecule has 0 spiro atoms. The third-order valence-electron chi connectivity index (χ3n) is 6.85. The summed E-state index contributed by atoms with van der Waals surface area (Å²) in [5.74, 6) is -0.264. The fourth-order valence-electron chi connectivity index (χ4n) is 5.35. The zero-order chi connectivity index (χ0) is 21.1. The predicted molar refractivity (Wildman–Crippen MR) is 110 cm³/mol. The third-order valence-corrected chi connectivity index (χ3v) is 6.85. The summed E-state index contributed by atoms with van der Waals surface area (Å²) in [6.07, 6.45) is 10.8. The molecule has 1 saturated heterocycles. The van der Waals surface area contributed by atoms with Gasteiger partial charge in [-0.15, -0.1) is 0 Å². The average Bonchev–Trinajstić information content (AvgIpc) is 3.04. The van der Waals surface area contributed by atoms with Gasteiger partial charge in [-0.3, -0.25) is 4.79 Å². The van der Waals surface area contributed by atoms with Crippen LogP contribution in [-0.4, -0.2) is 40.5 Å². The monoisotopic (exact) mass is 409 g/mol. The van der Waals surface area contributed by atoms with E-state index in [2.05, 4.69) is 5.32 Å². The molecule has 0 unspecified atom stereocenters. The minimum Gasteiger partial charge on any atom is -0.460 e. The summed E-state index contributed by atoms with van der Waals surface area (Å²) in [7, 11) is 0. The van der Waals surface area contributed by atoms with E-state index in [0.29, 0.717) is 25.2 Å². The number of ether oxygens (including phenoxy) is 2. The Morgan fingerprint density at radius 3 is 2.41 bits per heavy atom. The second-order valence-electron chi connectivity index (χ2n) is 10.4. The molecule has 1 heterocycles. The lowest BCUT2D eigenvalue weighted by molar-refractivity contribution is -0.153. The van der Waals surface area contributed by atoms with Crippen LogP contribution in [0.15, 0.2) is 0 Å². The number of alkyl carbamates (subject to hydrolysis) is 1. The molecule has 6 nitrogen and oxygen atoms in total. The molecule has 3 atom stereocenters. The Labute approximate surface area is 175 Å². The number of aliphatic hydroxyl groups is 1. The molecule has 3 fully saturated rings. The standard InChI is InChI=1S/C23H39NO5/c1-22(2,3)29-21(26)24-18(14-16-10-6-4-7-11-16)19-15-17(20(25)28-19)23(27)12-8-5-9-13-23/h16-19,27H,4-15H2,1-3H3,(H,24,26)/t17-,18+,19+/m1/s1. The van der Waals surface area contributed by atoms with Crippen LogP contribution in [0, 0.1) is 11.8 Å². The van der Waals surface area contributed by atoms with Gasteiger partial charge in [0.15, 0.2) is 0 Å². The molecule has 2 saturated carbocycles. The number of hydrogen-bond acceptors (Lipinski definition) is 5. The van der Waals surface area contributed by atoms with E-state index in [4.69, 9.17) is 9.47 Å². The van der Waals surface area contributed by atoms with Gasteiger partial charge < -0.3 is 19.9 Å². The fourth-order valence-corrected chi connectivity index (χ4v) is 5.35. The number of esters is 1. The van der Waals surface area contributed by atoms with E-state index in [-0.39, 0.29) is 12.0 Å². The molecule has 1 aliphatic heterocycles. The van der Waals surface area contributed by atoms with Gasteiger partial charge >= 0.3 is 12.1 Å². The van der Waals surface area contributed by atoms with Crippen molar-refractivity contribution in [2.45, 2.75) is 121 Å². The van der Waals surface area contributed by atoms with Gasteiger partial charge in [0.05, 0.1) is 17.6 Å². The van der Waals surface area contributed by atoms with Crippen LogP contribution in [0.2, 0.25) is 0 Å². The van der Waals surface area contributed by atoms with Gasteiger partial charge in [0.2, 0.25) is 0 Å². The van der Waals surface area contributed by atoms with Crippen molar-refractivity contribution in [2.75, 3.05) is 0 Å². The smallest absolute Gasteiger partial charge is 0.408 e. The van der Waals surface area contributed by atoms with Crippen molar-refractivity contribution in [2.24, 2.45) is 11.8 Å². The molecule has 29 heavy (non-hydrogen) atoms. The van der Waals surface area contributed by atoms with Crippen LogP contribution < -0.4 is 5.32 Å². The van der Waals surface area contributed by atoms with Gasteiger partial charge in [-0.25, -0.2) is 4.79 Å². The van der Waals surface area contributed by atoms with Crippen molar-refractivity contribution in [3.63, 3.8) is 0 Å². The highest BCUT2D eigenvalue weighted by molar-refractivity contribution is 5.76. The lowest BCUT2D eigenvalue weighted by atomic mass is 9.74. The number of carbonyl (C=O) groups excluding carboxylic acids is 2. The van der Waals surface area contributed by atoms with Crippen molar-refractivity contribution in [1.82, 2.24) is 5.32 Å². The number of cyclic esters (lactones) is 1. The molecule has 0 radical (unpaired) electrons. The highest BCUT2D eigenvalue weighted by Gasteiger charge is 2.50. The molecular formula is C23H39NO5. The van der Waals surface area contributed by atoms with Crippen LogP contribution in [0.4, 0.5) is 4.79 Å². The van der Waals surface area contributed by atoms with Gasteiger partial charge in [0.1, 0.15) is 11.7 Å². The minimum absolute atomic E-state index is 0.269. The summed E-state index contributed by atoms with van der Waals surface area (Å²) < 4.78 is 11.2. The molecule has 0 bridgehead atoms. The molecule has 6 heteroatoms. The Balaban J connectivity index is 1.69. The maximum atomic E-state index is 12.7. The Hall–Kier alpha value is -1.30. The maximum Gasteiger partial charge on any atom is 0.408 e. The molecule has 2 N–H and O–H groups in total. The van der Waals surface area contributed by atoms with Gasteiger partial charge in [0.25, 0.3) is 0 Å². The molecule has 0 aromatic carbocycles. The molecule has 0 aromatic rings. The van der Waals surface area contributed by atoms with E-state index in [9.17, 15) is 14.7 Å². The first kappa shape index (κ1) is 22.4. The van der Waals surface area contributed by atoms with Crippen molar-refractivity contribution in [3.05, 3.63) is 0 Å². The Morgan fingerprint density at radius 1 is 1.17 bits per heavy atom. The predicted octanol–water partition coefficient (Wildman–Crippen LogP) is 4.48. The molecule has 2 aliphatic carbocycles. The zero-order valence-corrected chi connectivity index (χ0v) is 18.4. The highest BCUT2D eigenvalue weighted by Crippen LogP contribution is 2.42. The quantitative estimate of drug-likeness (QED) is 0.654. The minimum atomic E-state index is -0.953. The van der Waals surface area contributed by atoms with E-state index < -0.39 is 29.3 Å². The van der Waals surface area contributed by atoms with Crippen molar-refractivity contribution in [3.8, 4) is 0 Å². The number of nitrogens with one attached hydrogen (secondary N) is 1. The summed E-state index contributed by atoms with van der Waals surface area (Å²) >= 11 is 0. The van der Waals surface area contributed by atoms with Crippen molar-refractivity contribution >= 4 is 12.1 Å². The maximum absolute atomic E-state index is 12.7. The van der Waals surface area contributed by atoms with Crippen LogP contribution in [0.5, 0.6) is 0 Å². The number of hydrogen-bond donors (Lipinski definition) is 2. The van der Waals surface area contributed by atoms with E-state index in [1.165, 1.54) is 19.3 Å². The van der Waals surface area contributed by atoms with Gasteiger partial charge in [-0.1, -0.05) is 51.4 Å². The van der Waals surface area contributed by atoms with E-state index in [1.54, 1.807) is 0 Å². The Morgan fingerprint density at radius 2 is 1.79 bits per heavy atom. The SMILES string of the molecule is CC(C)(C)OC(=O)N[C@@H](CC1CCCCC1)[C@@H]1C[C@@H](C2(O)CCCCC2)C(=O)O1. The van der Waals surface area contributed by atoms with Crippen LogP contribution in [0.25, 0.3) is 0 Å². The first-order valence-electron chi connectivity index (χ1n) is 11.6. The molecule has 3 aliphatic rings. The molecule has 3 rings (SSSR count). The van der Waals surface area contributed by atoms with E-state index in [1.807, 2.05) is 20.8 Å². The summed E-state index contributed by atoms with van der Waals surface area (Å²) in [6, 6.07) is -0.269. The molecule has 0 aromatic heterocycles. The Bertz CT molecular complexity index is 572. The van der Waals surface area contributed by atoms with Gasteiger partial charge in [-0.2, -0.15) is 0 Å². The zero-order valence-electron chi connectivity index (χ0n) is 18.4. The fraction of sp³-hybridized carbons (Fsp3) is 0.913. The number of rotatable bonds is 5. The second-order valence-corrected chi connectivity index (χ2v) is 10.4. The topological polar surface area (TPSA) is 84.9 Å². The van der Waals surface area contributed by atoms with Crippen LogP contribution in [0.3, 0.4) is 0 Å². The summed E-state index contributed by atoms with van der Waals surface area (Å²) in [5.41, 5.74) is -1.53. The number of amides is 1. The summed E-state index contributed by atoms with van der Waals surface area (Å²) in [6.45, 7) is 5.52. The molecular weight excluding hydrogens is 370 g/mol. The summed E-state index contributed by atoms with van der Waals surface area (Å²) in [4.78, 5) is 25.1. The third kappa shape index (κ3) is 6.09. The largest absolute Gasteiger partial charge is 0.460 e. The van der Waals surface area contributed by atoms with Crippen molar-refractivity contribution in [1.29, 1.82) is 0 Å². The van der Waals surface area contributed by atoms with Crippen LogP contribution >= 0.6 is 0 Å². The summed E-state index contributed by atoms with van der Waals surface area (Å²) in [5, 5.41) is 14.1. The highest BCUT2D eigenvalue weighted by atomic mass is 16.6.